The maximum atomic E-state index is 2.35. The van der Waals surface area contributed by atoms with Gasteiger partial charge in [-0.05, 0) is 24.2 Å². The largest absolute Gasteiger partial charge is 0.0776 e. The molecule has 0 aromatic rings. The van der Waals surface area contributed by atoms with Crippen LogP contribution in [-0.2, 0) is 0 Å². The second kappa shape index (κ2) is 7.64. The molecule has 0 bridgehead atoms. The zero-order valence-electron chi connectivity index (χ0n) is 8.85. The van der Waals surface area contributed by atoms with Crippen molar-refractivity contribution in [2.45, 2.75) is 61.3 Å². The van der Waals surface area contributed by atoms with Crippen molar-refractivity contribution in [2.24, 2.45) is 17.8 Å². The van der Waals surface area contributed by atoms with Gasteiger partial charge in [-0.1, -0.05) is 54.9 Å². The van der Waals surface area contributed by atoms with E-state index in [0.29, 0.717) is 0 Å². The van der Waals surface area contributed by atoms with E-state index in [0.717, 1.165) is 17.8 Å². The highest BCUT2D eigenvalue weighted by molar-refractivity contribution is 4.87. The molecule has 0 aromatic heterocycles. The van der Waals surface area contributed by atoms with Crippen molar-refractivity contribution in [3.05, 3.63) is 0 Å². The van der Waals surface area contributed by atoms with Gasteiger partial charge in [-0.15, -0.1) is 0 Å². The summed E-state index contributed by atoms with van der Waals surface area (Å²) in [6.07, 6.45) is 4.38. The van der Waals surface area contributed by atoms with Gasteiger partial charge in [-0.25, -0.2) is 0 Å². The minimum absolute atomic E-state index is 0. The molecule has 76 valence electrons. The molecule has 1 aliphatic rings. The third kappa shape index (κ3) is 4.79. The predicted molar refractivity (Wildman–Crippen MR) is 59.4 cm³/mol. The third-order valence-electron chi connectivity index (χ3n) is 2.49. The van der Waals surface area contributed by atoms with Crippen molar-refractivity contribution in [3.8, 4) is 0 Å². The second-order valence-corrected chi connectivity index (χ2v) is 3.69. The molecule has 12 heavy (non-hydrogen) atoms. The van der Waals surface area contributed by atoms with E-state index in [1.807, 2.05) is 13.8 Å². The molecule has 1 fully saturated rings. The molecule has 1 aliphatic carbocycles. The van der Waals surface area contributed by atoms with Crippen LogP contribution in [0, 0.1) is 17.8 Å². The zero-order valence-corrected chi connectivity index (χ0v) is 8.85. The quantitative estimate of drug-likeness (QED) is 0.577. The predicted octanol–water partition coefficient (Wildman–Crippen LogP) is 4.74. The van der Waals surface area contributed by atoms with Crippen LogP contribution in [-0.4, -0.2) is 0 Å². The molecule has 2 unspecified atom stereocenters. The van der Waals surface area contributed by atoms with Crippen molar-refractivity contribution in [1.29, 1.82) is 0 Å². The first-order chi connectivity index (χ1) is 5.25. The lowest BCUT2D eigenvalue weighted by Crippen LogP contribution is -1.91. The number of hydrogen-bond donors (Lipinski definition) is 0. The van der Waals surface area contributed by atoms with Crippen LogP contribution in [0.5, 0.6) is 0 Å². The van der Waals surface area contributed by atoms with Crippen LogP contribution in [0.3, 0.4) is 0 Å². The number of hydrogen-bond acceptors (Lipinski definition) is 0. The summed E-state index contributed by atoms with van der Waals surface area (Å²) in [5.74, 6) is 3.14. The fourth-order valence-electron chi connectivity index (χ4n) is 1.79. The summed E-state index contributed by atoms with van der Waals surface area (Å²) < 4.78 is 0. The van der Waals surface area contributed by atoms with Gasteiger partial charge in [0.15, 0.2) is 0 Å². The summed E-state index contributed by atoms with van der Waals surface area (Å²) in [5, 5.41) is 0. The summed E-state index contributed by atoms with van der Waals surface area (Å²) >= 11 is 0. The minimum atomic E-state index is 0. The summed E-state index contributed by atoms with van der Waals surface area (Å²) in [5.41, 5.74) is 0. The standard InChI is InChI=1S/C9H18.C2H6.CH4/c1-4-5-8-6-9(8)7(2)3;1-2;/h7-9H,4-6H2,1-3H3;1-2H3;1H4. The van der Waals surface area contributed by atoms with Crippen LogP contribution >= 0.6 is 0 Å². The molecule has 0 heterocycles. The summed E-state index contributed by atoms with van der Waals surface area (Å²) in [6.45, 7) is 11.0. The Hall–Kier alpha value is 0. The Morgan fingerprint density at radius 1 is 1.25 bits per heavy atom. The molecule has 0 spiro atoms. The molecule has 0 aliphatic heterocycles. The van der Waals surface area contributed by atoms with E-state index in [-0.39, 0.29) is 7.43 Å². The van der Waals surface area contributed by atoms with Crippen LogP contribution < -0.4 is 0 Å². The monoisotopic (exact) mass is 172 g/mol. The van der Waals surface area contributed by atoms with Gasteiger partial charge < -0.3 is 0 Å². The van der Waals surface area contributed by atoms with Crippen LogP contribution in [0.25, 0.3) is 0 Å². The Labute approximate surface area is 79.8 Å². The van der Waals surface area contributed by atoms with E-state index in [2.05, 4.69) is 20.8 Å². The lowest BCUT2D eigenvalue weighted by molar-refractivity contribution is 0.501. The van der Waals surface area contributed by atoms with Gasteiger partial charge in [0.2, 0.25) is 0 Å². The van der Waals surface area contributed by atoms with Gasteiger partial charge in [0, 0.05) is 0 Å². The van der Waals surface area contributed by atoms with Gasteiger partial charge in [0.05, 0.1) is 0 Å². The summed E-state index contributed by atoms with van der Waals surface area (Å²) in [4.78, 5) is 0. The van der Waals surface area contributed by atoms with Crippen molar-refractivity contribution in [3.63, 3.8) is 0 Å². The Morgan fingerprint density at radius 2 is 1.75 bits per heavy atom. The van der Waals surface area contributed by atoms with Crippen LogP contribution in [0.1, 0.15) is 61.3 Å². The number of rotatable bonds is 3. The Morgan fingerprint density at radius 3 is 2.00 bits per heavy atom. The summed E-state index contributed by atoms with van der Waals surface area (Å²) in [6, 6.07) is 0. The first kappa shape index (κ1) is 14.5. The second-order valence-electron chi connectivity index (χ2n) is 3.69. The lowest BCUT2D eigenvalue weighted by Gasteiger charge is -2.00. The highest BCUT2D eigenvalue weighted by atomic mass is 14.4. The van der Waals surface area contributed by atoms with Crippen molar-refractivity contribution in [1.82, 2.24) is 0 Å². The maximum absolute atomic E-state index is 2.35. The maximum Gasteiger partial charge on any atom is -0.0360 e. The van der Waals surface area contributed by atoms with Crippen LogP contribution in [0.15, 0.2) is 0 Å². The van der Waals surface area contributed by atoms with E-state index >= 15 is 0 Å². The summed E-state index contributed by atoms with van der Waals surface area (Å²) in [7, 11) is 0. The average molecular weight is 172 g/mol. The van der Waals surface area contributed by atoms with E-state index in [4.69, 9.17) is 0 Å². The van der Waals surface area contributed by atoms with E-state index in [1.54, 1.807) is 0 Å². The van der Waals surface area contributed by atoms with Crippen LogP contribution in [0.2, 0.25) is 0 Å². The van der Waals surface area contributed by atoms with E-state index in [1.165, 1.54) is 19.3 Å². The van der Waals surface area contributed by atoms with Gasteiger partial charge in [-0.3, -0.25) is 0 Å². The Bertz CT molecular complexity index is 84.0. The highest BCUT2D eigenvalue weighted by Crippen LogP contribution is 2.46. The normalized spacial score (nSPS) is 25.5. The molecule has 0 amide bonds. The molecule has 0 aromatic carbocycles. The zero-order chi connectivity index (χ0) is 8.85. The van der Waals surface area contributed by atoms with Crippen molar-refractivity contribution >= 4 is 0 Å². The van der Waals surface area contributed by atoms with Crippen molar-refractivity contribution in [2.75, 3.05) is 0 Å². The van der Waals surface area contributed by atoms with Gasteiger partial charge >= 0.3 is 0 Å². The first-order valence-electron chi connectivity index (χ1n) is 5.25. The fraction of sp³-hybridized carbons (Fsp3) is 1.00. The SMILES string of the molecule is C.CC.CCCC1CC1C(C)C. The smallest absolute Gasteiger partial charge is 0.0360 e. The lowest BCUT2D eigenvalue weighted by atomic mass is 10.1. The molecule has 1 rings (SSSR count). The molecule has 0 heteroatoms. The molecule has 0 saturated heterocycles. The Balaban J connectivity index is 0. The third-order valence-corrected chi connectivity index (χ3v) is 2.49. The molecule has 0 nitrogen and oxygen atoms in total. The van der Waals surface area contributed by atoms with Gasteiger partial charge in [-0.2, -0.15) is 0 Å². The van der Waals surface area contributed by atoms with Crippen LogP contribution in [0.4, 0.5) is 0 Å². The first-order valence-corrected chi connectivity index (χ1v) is 5.25. The minimum Gasteiger partial charge on any atom is -0.0776 e. The molecular weight excluding hydrogens is 144 g/mol. The van der Waals surface area contributed by atoms with Gasteiger partial charge in [0.1, 0.15) is 0 Å². The Kier molecular flexibility index (Phi) is 9.24. The van der Waals surface area contributed by atoms with Gasteiger partial charge in [0.25, 0.3) is 0 Å². The van der Waals surface area contributed by atoms with Crippen molar-refractivity contribution < 1.29 is 0 Å². The topological polar surface area (TPSA) is 0 Å². The van der Waals surface area contributed by atoms with E-state index < -0.39 is 0 Å². The molecule has 2 atom stereocenters. The fourth-order valence-corrected chi connectivity index (χ4v) is 1.79. The highest BCUT2D eigenvalue weighted by Gasteiger charge is 2.37. The molecule has 1 saturated carbocycles. The van der Waals surface area contributed by atoms with E-state index in [9.17, 15) is 0 Å². The molecular formula is C12H28. The average Bonchev–Trinajstić information content (AvgIpc) is 2.73. The molecule has 0 N–H and O–H groups in total. The molecule has 0 radical (unpaired) electrons.